The van der Waals surface area contributed by atoms with Crippen molar-refractivity contribution in [3.63, 3.8) is 0 Å². The number of hydrogen-bond acceptors (Lipinski definition) is 5. The lowest BCUT2D eigenvalue weighted by atomic mass is 10.1. The predicted molar refractivity (Wildman–Crippen MR) is 139 cm³/mol. The lowest BCUT2D eigenvalue weighted by Gasteiger charge is -2.34. The zero-order valence-electron chi connectivity index (χ0n) is 21.3. The highest BCUT2D eigenvalue weighted by Gasteiger charge is 2.33. The first-order valence-corrected chi connectivity index (χ1v) is 13.6. The summed E-state index contributed by atoms with van der Waals surface area (Å²) >= 11 is 6.19. The van der Waals surface area contributed by atoms with Crippen molar-refractivity contribution in [3.05, 3.63) is 58.9 Å². The van der Waals surface area contributed by atoms with E-state index in [2.05, 4.69) is 5.32 Å². The van der Waals surface area contributed by atoms with Crippen molar-refractivity contribution in [1.29, 1.82) is 0 Å². The van der Waals surface area contributed by atoms with Gasteiger partial charge >= 0.3 is 0 Å². The fourth-order valence-electron chi connectivity index (χ4n) is 3.58. The molecule has 0 radical (unpaired) electrons. The van der Waals surface area contributed by atoms with Crippen LogP contribution in [0.1, 0.15) is 39.7 Å². The van der Waals surface area contributed by atoms with Crippen molar-refractivity contribution in [3.8, 4) is 5.75 Å². The monoisotopic (exact) mass is 541 g/mol. The quantitative estimate of drug-likeness (QED) is 0.491. The van der Waals surface area contributed by atoms with Crippen LogP contribution in [0.15, 0.2) is 42.5 Å². The number of benzene rings is 2. The smallest absolute Gasteiger partial charge is 0.244 e. The van der Waals surface area contributed by atoms with Gasteiger partial charge in [0.2, 0.25) is 21.8 Å². The lowest BCUT2D eigenvalue weighted by molar-refractivity contribution is -0.141. The maximum atomic E-state index is 13.6. The molecule has 11 heteroatoms. The number of sulfonamides is 1. The summed E-state index contributed by atoms with van der Waals surface area (Å²) in [6.45, 7) is 6.64. The second-order valence-electron chi connectivity index (χ2n) is 9.40. The zero-order chi connectivity index (χ0) is 27.3. The van der Waals surface area contributed by atoms with Crippen molar-refractivity contribution in [1.82, 2.24) is 10.2 Å². The molecular weight excluding hydrogens is 509 g/mol. The molecule has 0 heterocycles. The van der Waals surface area contributed by atoms with Crippen molar-refractivity contribution in [2.45, 2.75) is 52.2 Å². The van der Waals surface area contributed by atoms with Gasteiger partial charge in [0.05, 0.1) is 24.1 Å². The van der Waals surface area contributed by atoms with E-state index in [-0.39, 0.29) is 29.6 Å². The molecule has 0 aromatic heterocycles. The lowest BCUT2D eigenvalue weighted by Crippen LogP contribution is -2.55. The van der Waals surface area contributed by atoms with Crippen LogP contribution in [0, 0.1) is 5.82 Å². The number of halogens is 2. The van der Waals surface area contributed by atoms with Crippen LogP contribution in [0.25, 0.3) is 0 Å². The average Bonchev–Trinajstić information content (AvgIpc) is 2.76. The van der Waals surface area contributed by atoms with E-state index >= 15 is 0 Å². The molecule has 2 amide bonds. The molecule has 0 aliphatic rings. The van der Waals surface area contributed by atoms with E-state index < -0.39 is 39.9 Å². The van der Waals surface area contributed by atoms with E-state index in [4.69, 9.17) is 16.3 Å². The van der Waals surface area contributed by atoms with Crippen molar-refractivity contribution in [2.24, 2.45) is 0 Å². The molecule has 2 aromatic carbocycles. The summed E-state index contributed by atoms with van der Waals surface area (Å²) in [5, 5.41) is 3.06. The third-order valence-corrected chi connectivity index (χ3v) is 6.69. The van der Waals surface area contributed by atoms with Gasteiger partial charge in [-0.05, 0) is 63.1 Å². The molecule has 0 saturated carbocycles. The van der Waals surface area contributed by atoms with Crippen LogP contribution < -0.4 is 14.4 Å². The summed E-state index contributed by atoms with van der Waals surface area (Å²) < 4.78 is 44.9. The van der Waals surface area contributed by atoms with Crippen LogP contribution in [0.3, 0.4) is 0 Å². The van der Waals surface area contributed by atoms with Crippen LogP contribution in [-0.2, 0) is 26.2 Å². The van der Waals surface area contributed by atoms with Gasteiger partial charge in [0, 0.05) is 12.1 Å². The maximum absolute atomic E-state index is 13.6. The van der Waals surface area contributed by atoms with E-state index in [0.717, 1.165) is 10.6 Å². The van der Waals surface area contributed by atoms with Crippen molar-refractivity contribution < 1.29 is 27.1 Å². The van der Waals surface area contributed by atoms with Gasteiger partial charge in [0.1, 0.15) is 24.2 Å². The molecule has 1 N–H and O–H groups in total. The first kappa shape index (κ1) is 29.4. The Bertz CT molecular complexity index is 1180. The van der Waals surface area contributed by atoms with Gasteiger partial charge in [0.25, 0.3) is 0 Å². The van der Waals surface area contributed by atoms with Crippen molar-refractivity contribution >= 4 is 39.1 Å². The predicted octanol–water partition coefficient (Wildman–Crippen LogP) is 3.98. The fraction of sp³-hybridized carbons (Fsp3) is 0.440. The Morgan fingerprint density at radius 3 is 2.22 bits per heavy atom. The molecule has 2 rings (SSSR count). The Hall–Kier alpha value is -2.85. The first-order valence-electron chi connectivity index (χ1n) is 11.3. The number of hydrogen-bond donors (Lipinski definition) is 1. The van der Waals surface area contributed by atoms with Gasteiger partial charge < -0.3 is 15.0 Å². The number of rotatable bonds is 10. The molecule has 2 aromatic rings. The van der Waals surface area contributed by atoms with Crippen LogP contribution in [0.5, 0.6) is 5.75 Å². The normalized spacial score (nSPS) is 12.6. The van der Waals surface area contributed by atoms with Gasteiger partial charge in [-0.15, -0.1) is 0 Å². The molecule has 0 aliphatic carbocycles. The molecule has 36 heavy (non-hydrogen) atoms. The average molecular weight is 542 g/mol. The Morgan fingerprint density at radius 2 is 1.75 bits per heavy atom. The van der Waals surface area contributed by atoms with Gasteiger partial charge in [-0.25, -0.2) is 12.8 Å². The number of nitrogens with zero attached hydrogens (tertiary/aromatic N) is 2. The van der Waals surface area contributed by atoms with Crippen LogP contribution in [0.2, 0.25) is 5.02 Å². The highest BCUT2D eigenvalue weighted by Crippen LogP contribution is 2.30. The summed E-state index contributed by atoms with van der Waals surface area (Å²) in [4.78, 5) is 28.1. The second kappa shape index (κ2) is 11.9. The Morgan fingerprint density at radius 1 is 1.14 bits per heavy atom. The maximum Gasteiger partial charge on any atom is 0.244 e. The molecule has 0 fully saturated rings. The summed E-state index contributed by atoms with van der Waals surface area (Å²) in [6, 6.07) is 9.04. The van der Waals surface area contributed by atoms with E-state index in [0.29, 0.717) is 11.3 Å². The molecule has 198 valence electrons. The molecule has 8 nitrogen and oxygen atoms in total. The van der Waals surface area contributed by atoms with Gasteiger partial charge in [-0.1, -0.05) is 30.7 Å². The first-order chi connectivity index (χ1) is 16.7. The minimum Gasteiger partial charge on any atom is -0.495 e. The van der Waals surface area contributed by atoms with E-state index in [9.17, 15) is 22.4 Å². The van der Waals surface area contributed by atoms with E-state index in [1.165, 1.54) is 54.5 Å². The minimum atomic E-state index is -3.91. The van der Waals surface area contributed by atoms with Gasteiger partial charge in [0.15, 0.2) is 0 Å². The van der Waals surface area contributed by atoms with Crippen molar-refractivity contribution in [2.75, 3.05) is 24.2 Å². The molecule has 0 spiro atoms. The third kappa shape index (κ3) is 8.09. The highest BCUT2D eigenvalue weighted by molar-refractivity contribution is 7.92. The van der Waals surface area contributed by atoms with E-state index in [1.54, 1.807) is 6.92 Å². The highest BCUT2D eigenvalue weighted by atomic mass is 35.5. The third-order valence-electron chi connectivity index (χ3n) is 5.25. The van der Waals surface area contributed by atoms with Crippen LogP contribution in [-0.4, -0.2) is 56.6 Å². The summed E-state index contributed by atoms with van der Waals surface area (Å²) in [6.07, 6.45) is 1.26. The standard InChI is InChI=1S/C25H33ClFN3O5S/c1-7-21(24(32)28-25(2,3)4)29(15-17-8-10-18(27)11-9-17)23(31)16-30(36(6,33)34)19-12-13-22(35-5)20(26)14-19/h8-14,21H,7,15-16H2,1-6H3,(H,28,32)/t21-/m1/s1. The SMILES string of the molecule is CC[C@H](C(=O)NC(C)(C)C)N(Cc1ccc(F)cc1)C(=O)CN(c1ccc(OC)c(Cl)c1)S(C)(=O)=O. The number of carbonyl (C=O) groups excluding carboxylic acids is 2. The Balaban J connectivity index is 2.47. The summed E-state index contributed by atoms with van der Waals surface area (Å²) in [7, 11) is -2.48. The zero-order valence-corrected chi connectivity index (χ0v) is 22.9. The molecule has 0 unspecified atom stereocenters. The summed E-state index contributed by atoms with van der Waals surface area (Å²) in [5.41, 5.74) is 0.212. The fourth-order valence-corrected chi connectivity index (χ4v) is 4.68. The molecule has 0 bridgehead atoms. The number of nitrogens with one attached hydrogen (secondary N) is 1. The number of anilines is 1. The number of methoxy groups -OCH3 is 1. The Labute approximate surface area is 217 Å². The van der Waals surface area contributed by atoms with E-state index in [1.807, 2.05) is 20.8 Å². The van der Waals surface area contributed by atoms with Gasteiger partial charge in [-0.2, -0.15) is 0 Å². The van der Waals surface area contributed by atoms with Crippen LogP contribution >= 0.6 is 11.6 Å². The second-order valence-corrected chi connectivity index (χ2v) is 11.7. The minimum absolute atomic E-state index is 0.0177. The number of carbonyl (C=O) groups is 2. The largest absolute Gasteiger partial charge is 0.495 e. The molecule has 0 saturated heterocycles. The van der Waals surface area contributed by atoms with Crippen LogP contribution in [0.4, 0.5) is 10.1 Å². The number of amides is 2. The molecular formula is C25H33ClFN3O5S. The van der Waals surface area contributed by atoms with Gasteiger partial charge in [-0.3, -0.25) is 13.9 Å². The Kier molecular flexibility index (Phi) is 9.73. The molecule has 1 atom stereocenters. The number of ether oxygens (including phenoxy) is 1. The summed E-state index contributed by atoms with van der Waals surface area (Å²) in [5.74, 6) is -1.07. The molecule has 0 aliphatic heterocycles. The topological polar surface area (TPSA) is 96.0 Å².